The van der Waals surface area contributed by atoms with E-state index in [-0.39, 0.29) is 0 Å². The van der Waals surface area contributed by atoms with Crippen molar-refractivity contribution in [3.8, 4) is 0 Å². The second-order valence-corrected chi connectivity index (χ2v) is 6.85. The maximum absolute atomic E-state index is 4.20. The number of hydrogen-bond acceptors (Lipinski definition) is 4. The summed E-state index contributed by atoms with van der Waals surface area (Å²) in [6.07, 6.45) is 4.32. The third-order valence-electron chi connectivity index (χ3n) is 4.24. The van der Waals surface area contributed by atoms with Crippen LogP contribution in [0.2, 0.25) is 0 Å². The van der Waals surface area contributed by atoms with E-state index in [0.717, 1.165) is 26.1 Å². The number of benzene rings is 1. The molecule has 1 aromatic carbocycles. The molecule has 1 fully saturated rings. The van der Waals surface area contributed by atoms with Crippen molar-refractivity contribution in [3.63, 3.8) is 0 Å². The molecule has 0 bridgehead atoms. The van der Waals surface area contributed by atoms with Gasteiger partial charge in [0.1, 0.15) is 0 Å². The van der Waals surface area contributed by atoms with Crippen molar-refractivity contribution in [1.82, 2.24) is 15.2 Å². The molecule has 0 radical (unpaired) electrons. The zero-order valence-electron chi connectivity index (χ0n) is 12.5. The first-order chi connectivity index (χ1) is 10.3. The summed E-state index contributed by atoms with van der Waals surface area (Å²) in [6.45, 7) is 5.58. The fourth-order valence-electron chi connectivity index (χ4n) is 2.98. The largest absolute Gasteiger partial charge is 0.312 e. The molecule has 0 aliphatic carbocycles. The van der Waals surface area contributed by atoms with Gasteiger partial charge >= 0.3 is 0 Å². The van der Waals surface area contributed by atoms with Crippen LogP contribution in [0.1, 0.15) is 23.8 Å². The summed E-state index contributed by atoms with van der Waals surface area (Å²) in [6, 6.07) is 12.0. The first kappa shape index (κ1) is 14.7. The molecule has 21 heavy (non-hydrogen) atoms. The second kappa shape index (κ2) is 7.16. The van der Waals surface area contributed by atoms with Gasteiger partial charge in [0.15, 0.2) is 0 Å². The number of aromatic nitrogens is 1. The summed E-state index contributed by atoms with van der Waals surface area (Å²) in [4.78, 5) is 8.16. The molecule has 0 spiro atoms. The topological polar surface area (TPSA) is 28.2 Å². The van der Waals surface area contributed by atoms with Crippen LogP contribution in [0.4, 0.5) is 0 Å². The Bertz CT molecular complexity index is 526. The lowest BCUT2D eigenvalue weighted by molar-refractivity contribution is 0.197. The molecule has 2 aromatic rings. The Morgan fingerprint density at radius 3 is 2.95 bits per heavy atom. The minimum Gasteiger partial charge on any atom is -0.312 e. The number of rotatable bonds is 4. The molecule has 4 heteroatoms. The van der Waals surface area contributed by atoms with E-state index in [2.05, 4.69) is 52.5 Å². The average Bonchev–Trinajstić information content (AvgIpc) is 2.94. The second-order valence-electron chi connectivity index (χ2n) is 5.88. The molecule has 1 saturated heterocycles. The summed E-state index contributed by atoms with van der Waals surface area (Å²) < 4.78 is 0. The lowest BCUT2D eigenvalue weighted by Crippen LogP contribution is -2.40. The fourth-order valence-corrected chi connectivity index (χ4v) is 3.60. The average molecular weight is 301 g/mol. The van der Waals surface area contributed by atoms with Gasteiger partial charge in [-0.15, -0.1) is 11.3 Å². The maximum atomic E-state index is 4.20. The number of hydrogen-bond donors (Lipinski definition) is 1. The normalized spacial score (nSPS) is 23.9. The Labute approximate surface area is 131 Å². The molecule has 2 heterocycles. The van der Waals surface area contributed by atoms with Gasteiger partial charge in [-0.05, 0) is 31.9 Å². The molecule has 1 aliphatic heterocycles. The lowest BCUT2D eigenvalue weighted by atomic mass is 10.1. The smallest absolute Gasteiger partial charge is 0.0794 e. The molecule has 0 saturated carbocycles. The predicted molar refractivity (Wildman–Crippen MR) is 88.5 cm³/mol. The van der Waals surface area contributed by atoms with E-state index in [1.165, 1.54) is 16.9 Å². The van der Waals surface area contributed by atoms with E-state index < -0.39 is 0 Å². The van der Waals surface area contributed by atoms with Crippen molar-refractivity contribution >= 4 is 11.3 Å². The Kier molecular flexibility index (Phi) is 5.01. The predicted octanol–water partition coefficient (Wildman–Crippen LogP) is 2.94. The highest BCUT2D eigenvalue weighted by Crippen LogP contribution is 2.17. The molecular weight excluding hydrogens is 278 g/mol. The van der Waals surface area contributed by atoms with Crippen molar-refractivity contribution in [2.24, 2.45) is 0 Å². The van der Waals surface area contributed by atoms with Gasteiger partial charge in [0.2, 0.25) is 0 Å². The summed E-state index contributed by atoms with van der Waals surface area (Å²) in [5.41, 5.74) is 3.35. The van der Waals surface area contributed by atoms with Crippen molar-refractivity contribution in [2.45, 2.75) is 38.4 Å². The van der Waals surface area contributed by atoms with Crippen LogP contribution < -0.4 is 5.32 Å². The van der Waals surface area contributed by atoms with E-state index >= 15 is 0 Å². The van der Waals surface area contributed by atoms with Gasteiger partial charge in [0, 0.05) is 36.2 Å². The Hall–Kier alpha value is -1.23. The van der Waals surface area contributed by atoms with E-state index in [4.69, 9.17) is 0 Å². The third kappa shape index (κ3) is 4.13. The van der Waals surface area contributed by atoms with E-state index in [1.54, 1.807) is 11.3 Å². The molecule has 0 amide bonds. The zero-order valence-corrected chi connectivity index (χ0v) is 13.4. The number of thiazole rings is 1. The summed E-state index contributed by atoms with van der Waals surface area (Å²) in [7, 11) is 0. The van der Waals surface area contributed by atoms with Gasteiger partial charge in [0.05, 0.1) is 5.51 Å². The standard InChI is InChI=1S/C17H23N3S/c1-14-7-8-19-16(9-15-5-3-2-4-6-15)11-20(14)12-17-10-18-13-21-17/h2-6,10,13-14,16,19H,7-9,11-12H2,1H3. The minimum absolute atomic E-state index is 0.533. The molecule has 1 N–H and O–H groups in total. The summed E-state index contributed by atoms with van der Waals surface area (Å²) in [5.74, 6) is 0. The van der Waals surface area contributed by atoms with Gasteiger partial charge in [-0.2, -0.15) is 0 Å². The van der Waals surface area contributed by atoms with Crippen LogP contribution in [0.3, 0.4) is 0 Å². The Balaban J connectivity index is 1.65. The zero-order chi connectivity index (χ0) is 14.5. The van der Waals surface area contributed by atoms with E-state index in [1.807, 2.05) is 11.7 Å². The maximum Gasteiger partial charge on any atom is 0.0794 e. The van der Waals surface area contributed by atoms with Gasteiger partial charge in [-0.25, -0.2) is 0 Å². The number of nitrogens with one attached hydrogen (secondary N) is 1. The van der Waals surface area contributed by atoms with Crippen molar-refractivity contribution in [3.05, 3.63) is 52.5 Å². The highest BCUT2D eigenvalue weighted by atomic mass is 32.1. The van der Waals surface area contributed by atoms with Gasteiger partial charge in [0.25, 0.3) is 0 Å². The molecule has 112 valence electrons. The minimum atomic E-state index is 0.533. The van der Waals surface area contributed by atoms with Crippen LogP contribution in [0.5, 0.6) is 0 Å². The van der Waals surface area contributed by atoms with Crippen LogP contribution in [0.15, 0.2) is 42.0 Å². The highest BCUT2D eigenvalue weighted by molar-refractivity contribution is 7.09. The summed E-state index contributed by atoms with van der Waals surface area (Å²) >= 11 is 1.76. The first-order valence-electron chi connectivity index (χ1n) is 7.70. The van der Waals surface area contributed by atoms with Crippen molar-refractivity contribution in [2.75, 3.05) is 13.1 Å². The molecule has 3 nitrogen and oxygen atoms in total. The first-order valence-corrected chi connectivity index (χ1v) is 8.58. The lowest BCUT2D eigenvalue weighted by Gasteiger charge is -2.28. The third-order valence-corrected chi connectivity index (χ3v) is 5.01. The molecule has 3 rings (SSSR count). The van der Waals surface area contributed by atoms with Crippen molar-refractivity contribution in [1.29, 1.82) is 0 Å². The SMILES string of the molecule is CC1CCNC(Cc2ccccc2)CN1Cc1cncs1. The monoisotopic (exact) mass is 301 g/mol. The van der Waals surface area contributed by atoms with E-state index in [0.29, 0.717) is 12.1 Å². The quantitative estimate of drug-likeness (QED) is 0.941. The molecular formula is C17H23N3S. The van der Waals surface area contributed by atoms with Crippen LogP contribution in [0.25, 0.3) is 0 Å². The Morgan fingerprint density at radius 1 is 1.33 bits per heavy atom. The molecule has 2 unspecified atom stereocenters. The van der Waals surface area contributed by atoms with Gasteiger partial charge in [-0.1, -0.05) is 30.3 Å². The van der Waals surface area contributed by atoms with Gasteiger partial charge in [-0.3, -0.25) is 9.88 Å². The van der Waals surface area contributed by atoms with E-state index in [9.17, 15) is 0 Å². The molecule has 1 aliphatic rings. The summed E-state index contributed by atoms with van der Waals surface area (Å²) in [5, 5.41) is 3.72. The molecule has 2 atom stereocenters. The van der Waals surface area contributed by atoms with Crippen LogP contribution in [0, 0.1) is 0 Å². The highest BCUT2D eigenvalue weighted by Gasteiger charge is 2.23. The van der Waals surface area contributed by atoms with Crippen LogP contribution >= 0.6 is 11.3 Å². The van der Waals surface area contributed by atoms with Crippen LogP contribution in [-0.4, -0.2) is 35.1 Å². The fraction of sp³-hybridized carbons (Fsp3) is 0.471. The Morgan fingerprint density at radius 2 is 2.19 bits per heavy atom. The van der Waals surface area contributed by atoms with Gasteiger partial charge < -0.3 is 5.32 Å². The molecule has 1 aromatic heterocycles. The van der Waals surface area contributed by atoms with Crippen molar-refractivity contribution < 1.29 is 0 Å². The number of nitrogens with zero attached hydrogens (tertiary/aromatic N) is 2. The van der Waals surface area contributed by atoms with Crippen LogP contribution in [-0.2, 0) is 13.0 Å².